The molecule has 1 aliphatic heterocycles. The molecule has 2 heterocycles. The van der Waals surface area contributed by atoms with Gasteiger partial charge in [0.1, 0.15) is 6.33 Å². The fraction of sp³-hybridized carbons (Fsp3) is 0.636. The number of nitrogens with zero attached hydrogens (tertiary/aromatic N) is 2. The third-order valence-electron chi connectivity index (χ3n) is 2.79. The van der Waals surface area contributed by atoms with E-state index in [-0.39, 0.29) is 0 Å². The number of aromatic nitrogens is 2. The van der Waals surface area contributed by atoms with Gasteiger partial charge < -0.3 is 9.47 Å². The number of hydrogen-bond donors (Lipinski definition) is 0. The molecule has 1 aromatic rings. The Bertz CT molecular complexity index is 343. The number of methoxy groups -OCH3 is 1. The molecule has 0 spiro atoms. The minimum Gasteiger partial charge on any atom is -0.481 e. The van der Waals surface area contributed by atoms with Gasteiger partial charge in [-0.25, -0.2) is 9.97 Å². The van der Waals surface area contributed by atoms with E-state index in [9.17, 15) is 0 Å². The molecule has 0 bridgehead atoms. The van der Waals surface area contributed by atoms with E-state index < -0.39 is 0 Å². The molecule has 0 aliphatic carbocycles. The van der Waals surface area contributed by atoms with Crippen LogP contribution in [-0.4, -0.2) is 35.1 Å². The van der Waals surface area contributed by atoms with Gasteiger partial charge in [-0.1, -0.05) is 15.9 Å². The predicted molar refractivity (Wildman–Crippen MR) is 63.9 cm³/mol. The van der Waals surface area contributed by atoms with Gasteiger partial charge in [-0.05, 0) is 12.3 Å². The van der Waals surface area contributed by atoms with Crippen molar-refractivity contribution in [3.63, 3.8) is 0 Å². The van der Waals surface area contributed by atoms with Crippen molar-refractivity contribution in [3.8, 4) is 5.88 Å². The van der Waals surface area contributed by atoms with E-state index in [1.165, 1.54) is 0 Å². The van der Waals surface area contributed by atoms with Crippen LogP contribution < -0.4 is 4.74 Å². The summed E-state index contributed by atoms with van der Waals surface area (Å²) >= 11 is 3.71. The lowest BCUT2D eigenvalue weighted by Gasteiger charge is -2.15. The molecule has 2 rings (SSSR count). The van der Waals surface area contributed by atoms with Gasteiger partial charge in [0.2, 0.25) is 5.88 Å². The predicted octanol–water partition coefficient (Wildman–Crippen LogP) is 1.83. The smallest absolute Gasteiger partial charge is 0.216 e. The van der Waals surface area contributed by atoms with Crippen LogP contribution in [0.2, 0.25) is 0 Å². The molecular formula is C11H15BrN2O2. The normalized spacial score (nSPS) is 22.0. The van der Waals surface area contributed by atoms with Crippen molar-refractivity contribution in [3.05, 3.63) is 18.1 Å². The summed E-state index contributed by atoms with van der Waals surface area (Å²) in [5, 5.41) is 0. The number of alkyl halides is 1. The van der Waals surface area contributed by atoms with Gasteiger partial charge in [0.15, 0.2) is 0 Å². The fourth-order valence-corrected chi connectivity index (χ4v) is 2.55. The first-order valence-corrected chi connectivity index (χ1v) is 6.28. The lowest BCUT2D eigenvalue weighted by Crippen LogP contribution is -2.17. The zero-order valence-electron chi connectivity index (χ0n) is 9.23. The van der Waals surface area contributed by atoms with E-state index in [1.807, 2.05) is 6.07 Å². The Kier molecular flexibility index (Phi) is 4.12. The molecule has 4 nitrogen and oxygen atoms in total. The highest BCUT2D eigenvalue weighted by Gasteiger charge is 2.24. The Hall–Kier alpha value is -0.680. The maximum Gasteiger partial charge on any atom is 0.216 e. The lowest BCUT2D eigenvalue weighted by atomic mass is 10.0. The number of rotatable bonds is 4. The Morgan fingerprint density at radius 1 is 1.62 bits per heavy atom. The second-order valence-electron chi connectivity index (χ2n) is 3.90. The first kappa shape index (κ1) is 11.8. The average Bonchev–Trinajstić information content (AvgIpc) is 2.83. The molecule has 16 heavy (non-hydrogen) atoms. The van der Waals surface area contributed by atoms with Crippen molar-refractivity contribution < 1.29 is 9.47 Å². The van der Waals surface area contributed by atoms with Crippen LogP contribution in [-0.2, 0) is 11.2 Å². The Labute approximate surface area is 104 Å². The van der Waals surface area contributed by atoms with E-state index in [1.54, 1.807) is 13.4 Å². The summed E-state index contributed by atoms with van der Waals surface area (Å²) in [7, 11) is 1.61. The maximum absolute atomic E-state index is 5.37. The van der Waals surface area contributed by atoms with Crippen LogP contribution in [0.3, 0.4) is 0 Å². The van der Waals surface area contributed by atoms with Crippen molar-refractivity contribution in [2.75, 3.05) is 20.3 Å². The maximum atomic E-state index is 5.37. The van der Waals surface area contributed by atoms with Gasteiger partial charge in [0.05, 0.1) is 13.7 Å². The van der Waals surface area contributed by atoms with Crippen LogP contribution >= 0.6 is 15.9 Å². The summed E-state index contributed by atoms with van der Waals surface area (Å²) in [6.45, 7) is 1.72. The largest absolute Gasteiger partial charge is 0.481 e. The van der Waals surface area contributed by atoms with Crippen LogP contribution in [0.1, 0.15) is 12.1 Å². The molecule has 2 atom stereocenters. The molecule has 0 radical (unpaired) electrons. The van der Waals surface area contributed by atoms with Gasteiger partial charge in [0, 0.05) is 29.6 Å². The van der Waals surface area contributed by atoms with Crippen LogP contribution in [0.25, 0.3) is 0 Å². The number of hydrogen-bond acceptors (Lipinski definition) is 4. The fourth-order valence-electron chi connectivity index (χ4n) is 1.80. The highest BCUT2D eigenvalue weighted by molar-refractivity contribution is 9.09. The summed E-state index contributed by atoms with van der Waals surface area (Å²) in [6, 6.07) is 1.88. The van der Waals surface area contributed by atoms with Crippen molar-refractivity contribution in [1.82, 2.24) is 9.97 Å². The lowest BCUT2D eigenvalue weighted by molar-refractivity contribution is 0.185. The molecule has 0 amide bonds. The molecule has 0 N–H and O–H groups in total. The topological polar surface area (TPSA) is 44.2 Å². The molecule has 1 aliphatic rings. The minimum absolute atomic E-state index is 0.412. The average molecular weight is 287 g/mol. The van der Waals surface area contributed by atoms with E-state index >= 15 is 0 Å². The van der Waals surface area contributed by atoms with Gasteiger partial charge in [0.25, 0.3) is 0 Å². The molecule has 1 fully saturated rings. The first-order chi connectivity index (χ1) is 7.79. The monoisotopic (exact) mass is 286 g/mol. The summed E-state index contributed by atoms with van der Waals surface area (Å²) in [4.78, 5) is 8.64. The third kappa shape index (κ3) is 2.92. The summed E-state index contributed by atoms with van der Waals surface area (Å²) < 4.78 is 10.4. The van der Waals surface area contributed by atoms with Gasteiger partial charge in [-0.2, -0.15) is 0 Å². The summed E-state index contributed by atoms with van der Waals surface area (Å²) in [5.41, 5.74) is 1.00. The molecule has 1 saturated heterocycles. The van der Waals surface area contributed by atoms with Gasteiger partial charge >= 0.3 is 0 Å². The van der Waals surface area contributed by atoms with Gasteiger partial charge in [-0.3, -0.25) is 0 Å². The Morgan fingerprint density at radius 3 is 3.19 bits per heavy atom. The Balaban J connectivity index is 1.96. The molecule has 2 unspecified atom stereocenters. The second-order valence-corrected chi connectivity index (χ2v) is 5.07. The number of halogens is 1. The van der Waals surface area contributed by atoms with Crippen LogP contribution in [0, 0.1) is 5.92 Å². The van der Waals surface area contributed by atoms with Crippen molar-refractivity contribution in [1.29, 1.82) is 0 Å². The van der Waals surface area contributed by atoms with Crippen molar-refractivity contribution in [2.45, 2.75) is 17.7 Å². The molecule has 0 aromatic carbocycles. The molecular weight excluding hydrogens is 272 g/mol. The van der Waals surface area contributed by atoms with E-state index in [2.05, 4.69) is 25.9 Å². The molecule has 88 valence electrons. The van der Waals surface area contributed by atoms with E-state index in [0.29, 0.717) is 16.6 Å². The zero-order chi connectivity index (χ0) is 11.4. The van der Waals surface area contributed by atoms with Crippen LogP contribution in [0.4, 0.5) is 0 Å². The SMILES string of the molecule is COc1cc(CC(Br)C2CCOC2)ncn1. The van der Waals surface area contributed by atoms with Crippen molar-refractivity contribution >= 4 is 15.9 Å². The third-order valence-corrected chi connectivity index (χ3v) is 3.86. The highest BCUT2D eigenvalue weighted by atomic mass is 79.9. The highest BCUT2D eigenvalue weighted by Crippen LogP contribution is 2.25. The number of ether oxygens (including phenoxy) is 2. The molecule has 1 aromatic heterocycles. The first-order valence-electron chi connectivity index (χ1n) is 5.36. The second kappa shape index (κ2) is 5.59. The Morgan fingerprint density at radius 2 is 2.50 bits per heavy atom. The van der Waals surface area contributed by atoms with Crippen LogP contribution in [0.15, 0.2) is 12.4 Å². The van der Waals surface area contributed by atoms with E-state index in [0.717, 1.165) is 31.7 Å². The zero-order valence-corrected chi connectivity index (χ0v) is 10.8. The molecule has 5 heteroatoms. The minimum atomic E-state index is 0.412. The summed E-state index contributed by atoms with van der Waals surface area (Å²) in [6.07, 6.45) is 3.55. The summed E-state index contributed by atoms with van der Waals surface area (Å²) in [5.74, 6) is 1.20. The molecule has 0 saturated carbocycles. The standard InChI is InChI=1S/C11H15BrN2O2/c1-15-11-5-9(13-7-14-11)4-10(12)8-2-3-16-6-8/h5,7-8,10H,2-4,6H2,1H3. The quantitative estimate of drug-likeness (QED) is 0.792. The van der Waals surface area contributed by atoms with E-state index in [4.69, 9.17) is 9.47 Å². The van der Waals surface area contributed by atoms with Crippen molar-refractivity contribution in [2.24, 2.45) is 5.92 Å². The van der Waals surface area contributed by atoms with Crippen LogP contribution in [0.5, 0.6) is 5.88 Å². The van der Waals surface area contributed by atoms with Gasteiger partial charge in [-0.15, -0.1) is 0 Å².